The van der Waals surface area contributed by atoms with E-state index in [9.17, 15) is 9.59 Å². The zero-order valence-electron chi connectivity index (χ0n) is 10.2. The Kier molecular flexibility index (Phi) is 3.94. The molecule has 5 heteroatoms. The van der Waals surface area contributed by atoms with Crippen molar-refractivity contribution in [3.63, 3.8) is 0 Å². The minimum absolute atomic E-state index is 0.367. The molecule has 0 spiro atoms. The summed E-state index contributed by atoms with van der Waals surface area (Å²) in [6.45, 7) is 0.554. The predicted molar refractivity (Wildman–Crippen MR) is 63.6 cm³/mol. The molecule has 0 amide bonds. The maximum absolute atomic E-state index is 11.8. The minimum atomic E-state index is -0.484. The Balaban J connectivity index is 2.01. The van der Waals surface area contributed by atoms with Crippen molar-refractivity contribution in [3.8, 4) is 0 Å². The molecular weight excluding hydrogens is 234 g/mol. The van der Waals surface area contributed by atoms with Crippen molar-refractivity contribution in [1.29, 1.82) is 0 Å². The Morgan fingerprint density at radius 1 is 1.28 bits per heavy atom. The summed E-state index contributed by atoms with van der Waals surface area (Å²) in [5.41, 5.74) is 0.466. The number of ether oxygens (including phenoxy) is 1. The molecule has 2 rings (SSSR count). The highest BCUT2D eigenvalue weighted by molar-refractivity contribution is 5.89. The van der Waals surface area contributed by atoms with E-state index in [-0.39, 0.29) is 5.97 Å². The second-order valence-electron chi connectivity index (χ2n) is 4.07. The van der Waals surface area contributed by atoms with Crippen LogP contribution in [-0.2, 0) is 14.4 Å². The van der Waals surface area contributed by atoms with Gasteiger partial charge in [-0.3, -0.25) is 4.79 Å². The molecule has 1 heterocycles. The van der Waals surface area contributed by atoms with Crippen molar-refractivity contribution in [1.82, 2.24) is 5.06 Å². The van der Waals surface area contributed by atoms with Gasteiger partial charge in [-0.1, -0.05) is 18.2 Å². The lowest BCUT2D eigenvalue weighted by molar-refractivity contribution is -0.166. The van der Waals surface area contributed by atoms with E-state index in [1.807, 2.05) is 6.07 Å². The van der Waals surface area contributed by atoms with Gasteiger partial charge in [-0.15, -0.1) is 5.06 Å². The summed E-state index contributed by atoms with van der Waals surface area (Å²) in [5.74, 6) is -0.820. The van der Waals surface area contributed by atoms with Crippen molar-refractivity contribution < 1.29 is 19.2 Å². The van der Waals surface area contributed by atoms with E-state index in [0.29, 0.717) is 18.5 Å². The second kappa shape index (κ2) is 5.64. The fraction of sp³-hybridized carbons (Fsp3) is 0.385. The van der Waals surface area contributed by atoms with Crippen molar-refractivity contribution in [2.45, 2.75) is 18.9 Å². The molecule has 1 aromatic rings. The Labute approximate surface area is 105 Å². The first-order chi connectivity index (χ1) is 8.72. The first-order valence-corrected chi connectivity index (χ1v) is 5.84. The van der Waals surface area contributed by atoms with E-state index in [2.05, 4.69) is 4.74 Å². The smallest absolute Gasteiger partial charge is 0.357 e. The number of benzene rings is 1. The van der Waals surface area contributed by atoms with E-state index in [4.69, 9.17) is 4.84 Å². The minimum Gasteiger partial charge on any atom is -0.468 e. The van der Waals surface area contributed by atoms with Crippen LogP contribution in [0.1, 0.15) is 23.2 Å². The second-order valence-corrected chi connectivity index (χ2v) is 4.07. The Morgan fingerprint density at radius 3 is 2.67 bits per heavy atom. The molecule has 0 aromatic heterocycles. The van der Waals surface area contributed by atoms with Crippen LogP contribution in [0.25, 0.3) is 0 Å². The van der Waals surface area contributed by atoms with E-state index in [1.165, 1.54) is 12.2 Å². The standard InChI is InChI=1S/C13H15NO4/c1-17-13(16)11-8-5-9-14(11)18-12(15)10-6-3-2-4-7-10/h2-4,6-7,11H,5,8-9H2,1H3/t11-/m0/s1. The first-order valence-electron chi connectivity index (χ1n) is 5.84. The van der Waals surface area contributed by atoms with Crippen LogP contribution in [0.5, 0.6) is 0 Å². The molecule has 1 aliphatic heterocycles. The van der Waals surface area contributed by atoms with Gasteiger partial charge in [-0.25, -0.2) is 4.79 Å². The lowest BCUT2D eigenvalue weighted by atomic mass is 10.2. The average molecular weight is 249 g/mol. The molecule has 0 bridgehead atoms. The first kappa shape index (κ1) is 12.6. The summed E-state index contributed by atoms with van der Waals surface area (Å²) in [6.07, 6.45) is 1.45. The number of rotatable bonds is 3. The highest BCUT2D eigenvalue weighted by atomic mass is 16.7. The summed E-state index contributed by atoms with van der Waals surface area (Å²) in [5, 5.41) is 1.40. The molecule has 1 aliphatic rings. The summed E-state index contributed by atoms with van der Waals surface area (Å²) in [4.78, 5) is 28.6. The van der Waals surface area contributed by atoms with E-state index < -0.39 is 12.0 Å². The Morgan fingerprint density at radius 2 is 2.00 bits per heavy atom. The van der Waals surface area contributed by atoms with Gasteiger partial charge in [0.25, 0.3) is 0 Å². The number of methoxy groups -OCH3 is 1. The molecule has 0 radical (unpaired) electrons. The molecule has 1 fully saturated rings. The third kappa shape index (κ3) is 2.68. The van der Waals surface area contributed by atoms with Crippen molar-refractivity contribution in [3.05, 3.63) is 35.9 Å². The fourth-order valence-electron chi connectivity index (χ4n) is 1.95. The van der Waals surface area contributed by atoms with Crippen LogP contribution < -0.4 is 0 Å². The number of hydrogen-bond acceptors (Lipinski definition) is 5. The van der Waals surface area contributed by atoms with Crippen LogP contribution in [0, 0.1) is 0 Å². The summed E-state index contributed by atoms with van der Waals surface area (Å²) in [7, 11) is 1.33. The molecule has 1 aromatic carbocycles. The number of hydroxylamine groups is 2. The third-order valence-corrected chi connectivity index (χ3v) is 2.89. The lowest BCUT2D eigenvalue weighted by Crippen LogP contribution is -2.38. The average Bonchev–Trinajstić information content (AvgIpc) is 2.87. The van der Waals surface area contributed by atoms with Crippen molar-refractivity contribution >= 4 is 11.9 Å². The number of carbonyl (C=O) groups excluding carboxylic acids is 2. The highest BCUT2D eigenvalue weighted by Gasteiger charge is 2.34. The number of esters is 1. The van der Waals surface area contributed by atoms with E-state index >= 15 is 0 Å². The summed E-state index contributed by atoms with van der Waals surface area (Å²) >= 11 is 0. The van der Waals surface area contributed by atoms with Gasteiger partial charge in [0.15, 0.2) is 0 Å². The van der Waals surface area contributed by atoms with Crippen LogP contribution in [0.15, 0.2) is 30.3 Å². The predicted octanol–water partition coefficient (Wildman–Crippen LogP) is 1.40. The lowest BCUT2D eigenvalue weighted by Gasteiger charge is -2.20. The molecule has 0 aliphatic carbocycles. The van der Waals surface area contributed by atoms with Crippen LogP contribution in [0.2, 0.25) is 0 Å². The van der Waals surface area contributed by atoms with Crippen LogP contribution in [0.3, 0.4) is 0 Å². The largest absolute Gasteiger partial charge is 0.468 e. The van der Waals surface area contributed by atoms with Gasteiger partial charge in [-0.2, -0.15) is 0 Å². The molecule has 1 atom stereocenters. The maximum atomic E-state index is 11.8. The molecule has 1 saturated heterocycles. The molecule has 5 nitrogen and oxygen atoms in total. The highest BCUT2D eigenvalue weighted by Crippen LogP contribution is 2.19. The van der Waals surface area contributed by atoms with Crippen LogP contribution in [-0.4, -0.2) is 36.7 Å². The molecular formula is C13H15NO4. The maximum Gasteiger partial charge on any atom is 0.357 e. The molecule has 96 valence electrons. The van der Waals surface area contributed by atoms with Gasteiger partial charge < -0.3 is 9.57 Å². The zero-order valence-corrected chi connectivity index (χ0v) is 10.2. The Bertz CT molecular complexity index is 432. The number of carbonyl (C=O) groups is 2. The Hall–Kier alpha value is -1.88. The summed E-state index contributed by atoms with van der Waals surface area (Å²) in [6, 6.07) is 8.21. The van der Waals surface area contributed by atoms with Crippen molar-refractivity contribution in [2.24, 2.45) is 0 Å². The van der Waals surface area contributed by atoms with Crippen molar-refractivity contribution in [2.75, 3.05) is 13.7 Å². The number of nitrogens with zero attached hydrogens (tertiary/aromatic N) is 1. The van der Waals surface area contributed by atoms with Gasteiger partial charge in [0.2, 0.25) is 0 Å². The van der Waals surface area contributed by atoms with Gasteiger partial charge in [-0.05, 0) is 25.0 Å². The van der Waals surface area contributed by atoms with E-state index in [1.54, 1.807) is 24.3 Å². The number of hydrogen-bond donors (Lipinski definition) is 0. The molecule has 18 heavy (non-hydrogen) atoms. The molecule has 0 unspecified atom stereocenters. The normalized spacial score (nSPS) is 19.5. The zero-order chi connectivity index (χ0) is 13.0. The summed E-state index contributed by atoms with van der Waals surface area (Å²) < 4.78 is 4.68. The fourth-order valence-corrected chi connectivity index (χ4v) is 1.95. The van der Waals surface area contributed by atoms with Gasteiger partial charge in [0, 0.05) is 6.54 Å². The van der Waals surface area contributed by atoms with E-state index in [0.717, 1.165) is 6.42 Å². The molecule has 0 N–H and O–H groups in total. The van der Waals surface area contributed by atoms with Crippen LogP contribution >= 0.6 is 0 Å². The quantitative estimate of drug-likeness (QED) is 0.758. The SMILES string of the molecule is COC(=O)[C@@H]1CCCN1OC(=O)c1ccccc1. The van der Waals surface area contributed by atoms with Gasteiger partial charge in [0.05, 0.1) is 12.7 Å². The third-order valence-electron chi connectivity index (χ3n) is 2.89. The van der Waals surface area contributed by atoms with Gasteiger partial charge >= 0.3 is 11.9 Å². The van der Waals surface area contributed by atoms with Gasteiger partial charge in [0.1, 0.15) is 6.04 Å². The monoisotopic (exact) mass is 249 g/mol. The van der Waals surface area contributed by atoms with Crippen LogP contribution in [0.4, 0.5) is 0 Å². The molecule has 0 saturated carbocycles. The topological polar surface area (TPSA) is 55.8 Å².